The summed E-state index contributed by atoms with van der Waals surface area (Å²) in [5, 5.41) is 7.65. The van der Waals surface area contributed by atoms with Crippen LogP contribution in [0.1, 0.15) is 55.6 Å². The lowest BCUT2D eigenvalue weighted by Crippen LogP contribution is -2.15. The van der Waals surface area contributed by atoms with Gasteiger partial charge >= 0.3 is 11.9 Å². The van der Waals surface area contributed by atoms with E-state index in [9.17, 15) is 4.79 Å². The summed E-state index contributed by atoms with van der Waals surface area (Å²) >= 11 is 0. The zero-order valence-corrected chi connectivity index (χ0v) is 9.82. The van der Waals surface area contributed by atoms with Crippen molar-refractivity contribution in [1.82, 2.24) is 10.2 Å². The molecule has 1 fully saturated rings. The summed E-state index contributed by atoms with van der Waals surface area (Å²) in [4.78, 5) is 11.2. The molecule has 1 aliphatic carbocycles. The number of aromatic nitrogens is 2. The van der Waals surface area contributed by atoms with Crippen molar-refractivity contribution in [2.24, 2.45) is 5.41 Å². The number of methoxy groups -OCH3 is 1. The molecule has 1 aliphatic rings. The maximum absolute atomic E-state index is 11.2. The summed E-state index contributed by atoms with van der Waals surface area (Å²) in [5.41, 5.74) is 0.167. The first-order chi connectivity index (χ1) is 7.54. The van der Waals surface area contributed by atoms with E-state index in [1.165, 1.54) is 7.11 Å². The highest BCUT2D eigenvalue weighted by molar-refractivity contribution is 5.83. The number of carbonyl (C=O) groups is 1. The maximum Gasteiger partial charge on any atom is 0.396 e. The molecule has 0 aromatic carbocycles. The summed E-state index contributed by atoms with van der Waals surface area (Å²) in [6.45, 7) is 4.37. The Labute approximate surface area is 94.2 Å². The summed E-state index contributed by atoms with van der Waals surface area (Å²) in [5.74, 6) is 0.177. The topological polar surface area (TPSA) is 65.2 Å². The number of ether oxygens (including phenoxy) is 1. The van der Waals surface area contributed by atoms with Gasteiger partial charge in [-0.25, -0.2) is 4.79 Å². The average molecular weight is 224 g/mol. The first-order valence-corrected chi connectivity index (χ1v) is 5.46. The van der Waals surface area contributed by atoms with E-state index in [4.69, 9.17) is 4.42 Å². The molecule has 1 atom stereocenters. The van der Waals surface area contributed by atoms with E-state index in [2.05, 4.69) is 28.8 Å². The quantitative estimate of drug-likeness (QED) is 0.720. The van der Waals surface area contributed by atoms with E-state index in [0.717, 1.165) is 19.3 Å². The van der Waals surface area contributed by atoms with E-state index in [-0.39, 0.29) is 17.2 Å². The predicted octanol–water partition coefficient (Wildman–Crippen LogP) is 2.15. The van der Waals surface area contributed by atoms with Crippen molar-refractivity contribution in [1.29, 1.82) is 0 Å². The van der Waals surface area contributed by atoms with Crippen LogP contribution in [0.3, 0.4) is 0 Å². The average Bonchev–Trinajstić information content (AvgIpc) is 2.82. The van der Waals surface area contributed by atoms with Crippen LogP contribution in [-0.2, 0) is 4.74 Å². The Hall–Kier alpha value is -1.39. The smallest absolute Gasteiger partial charge is 0.396 e. The van der Waals surface area contributed by atoms with Crippen LogP contribution < -0.4 is 0 Å². The second-order valence-corrected chi connectivity index (χ2v) is 4.87. The highest BCUT2D eigenvalue weighted by Gasteiger charge is 2.39. The number of carbonyl (C=O) groups excluding carboxylic acids is 1. The Morgan fingerprint density at radius 2 is 2.25 bits per heavy atom. The monoisotopic (exact) mass is 224 g/mol. The van der Waals surface area contributed by atoms with Crippen LogP contribution in [0, 0.1) is 5.41 Å². The Morgan fingerprint density at radius 1 is 1.50 bits per heavy atom. The third kappa shape index (κ3) is 1.81. The number of hydrogen-bond donors (Lipinski definition) is 0. The van der Waals surface area contributed by atoms with Gasteiger partial charge in [-0.3, -0.25) is 0 Å². The molecule has 0 N–H and O–H groups in total. The minimum atomic E-state index is -0.574. The van der Waals surface area contributed by atoms with Crippen molar-refractivity contribution in [3.63, 3.8) is 0 Å². The standard InChI is InChI=1S/C11H16N2O3/c1-11(2)6-4-5-7(11)8-12-13-9(16-8)10(14)15-3/h7H,4-6H2,1-3H3. The van der Waals surface area contributed by atoms with Gasteiger partial charge in [0.1, 0.15) is 0 Å². The summed E-state index contributed by atoms with van der Waals surface area (Å²) in [6, 6.07) is 0. The normalized spacial score (nSPS) is 23.3. The molecule has 0 bridgehead atoms. The molecule has 0 saturated heterocycles. The van der Waals surface area contributed by atoms with Gasteiger partial charge < -0.3 is 9.15 Å². The Bertz CT molecular complexity index is 398. The first-order valence-electron chi connectivity index (χ1n) is 5.46. The Kier molecular flexibility index (Phi) is 2.69. The Morgan fingerprint density at radius 3 is 2.81 bits per heavy atom. The summed E-state index contributed by atoms with van der Waals surface area (Å²) in [6.07, 6.45) is 3.34. The van der Waals surface area contributed by atoms with Gasteiger partial charge in [-0.2, -0.15) is 0 Å². The maximum atomic E-state index is 11.2. The van der Waals surface area contributed by atoms with Gasteiger partial charge in [0.15, 0.2) is 0 Å². The summed E-state index contributed by atoms with van der Waals surface area (Å²) in [7, 11) is 1.30. The zero-order chi connectivity index (χ0) is 11.8. The lowest BCUT2D eigenvalue weighted by Gasteiger charge is -2.23. The minimum absolute atomic E-state index is 0.0554. The number of hydrogen-bond acceptors (Lipinski definition) is 5. The molecule has 1 saturated carbocycles. The first kappa shape index (κ1) is 11.1. The molecule has 0 amide bonds. The van der Waals surface area contributed by atoms with Crippen molar-refractivity contribution in [3.05, 3.63) is 11.8 Å². The van der Waals surface area contributed by atoms with Crippen LogP contribution in [0.2, 0.25) is 0 Å². The van der Waals surface area contributed by atoms with Crippen LogP contribution in [0.4, 0.5) is 0 Å². The van der Waals surface area contributed by atoms with Crippen LogP contribution >= 0.6 is 0 Å². The molecule has 16 heavy (non-hydrogen) atoms. The van der Waals surface area contributed by atoms with Crippen LogP contribution in [0.25, 0.3) is 0 Å². The highest BCUT2D eigenvalue weighted by Crippen LogP contribution is 2.48. The molecule has 1 heterocycles. The predicted molar refractivity (Wildman–Crippen MR) is 56.0 cm³/mol. The van der Waals surface area contributed by atoms with Gasteiger partial charge in [0.05, 0.1) is 7.11 Å². The van der Waals surface area contributed by atoms with Crippen molar-refractivity contribution >= 4 is 5.97 Å². The molecule has 1 unspecified atom stereocenters. The molecule has 88 valence electrons. The van der Waals surface area contributed by atoms with E-state index in [1.54, 1.807) is 0 Å². The molecular weight excluding hydrogens is 208 g/mol. The minimum Gasteiger partial charge on any atom is -0.462 e. The van der Waals surface area contributed by atoms with E-state index < -0.39 is 5.97 Å². The van der Waals surface area contributed by atoms with Crippen LogP contribution in [-0.4, -0.2) is 23.3 Å². The van der Waals surface area contributed by atoms with Gasteiger partial charge in [-0.15, -0.1) is 10.2 Å². The van der Waals surface area contributed by atoms with E-state index in [1.807, 2.05) is 0 Å². The van der Waals surface area contributed by atoms with E-state index >= 15 is 0 Å². The van der Waals surface area contributed by atoms with Crippen molar-refractivity contribution in [2.75, 3.05) is 7.11 Å². The van der Waals surface area contributed by atoms with Gasteiger partial charge in [-0.1, -0.05) is 20.3 Å². The molecule has 0 radical (unpaired) electrons. The summed E-state index contributed by atoms with van der Waals surface area (Å²) < 4.78 is 9.89. The number of esters is 1. The fraction of sp³-hybridized carbons (Fsp3) is 0.727. The number of rotatable bonds is 2. The molecule has 5 nitrogen and oxygen atoms in total. The van der Waals surface area contributed by atoms with Crippen molar-refractivity contribution < 1.29 is 13.9 Å². The lowest BCUT2D eigenvalue weighted by molar-refractivity contribution is 0.0551. The second kappa shape index (κ2) is 3.88. The SMILES string of the molecule is COC(=O)c1nnc(C2CCCC2(C)C)o1. The molecule has 5 heteroatoms. The Balaban J connectivity index is 2.22. The third-order valence-electron chi connectivity index (χ3n) is 3.36. The highest BCUT2D eigenvalue weighted by atomic mass is 16.5. The molecule has 2 rings (SSSR count). The van der Waals surface area contributed by atoms with Gasteiger partial charge in [0, 0.05) is 5.92 Å². The van der Waals surface area contributed by atoms with Gasteiger partial charge in [0.25, 0.3) is 0 Å². The van der Waals surface area contributed by atoms with Gasteiger partial charge in [0.2, 0.25) is 5.89 Å². The second-order valence-electron chi connectivity index (χ2n) is 4.87. The van der Waals surface area contributed by atoms with Crippen molar-refractivity contribution in [2.45, 2.75) is 39.0 Å². The molecule has 0 aliphatic heterocycles. The molecule has 0 spiro atoms. The van der Waals surface area contributed by atoms with Crippen LogP contribution in [0.5, 0.6) is 0 Å². The van der Waals surface area contributed by atoms with Crippen molar-refractivity contribution in [3.8, 4) is 0 Å². The third-order valence-corrected chi connectivity index (χ3v) is 3.36. The fourth-order valence-corrected chi connectivity index (χ4v) is 2.33. The van der Waals surface area contributed by atoms with E-state index in [0.29, 0.717) is 5.89 Å². The lowest BCUT2D eigenvalue weighted by atomic mass is 9.82. The number of nitrogens with zero attached hydrogens (tertiary/aromatic N) is 2. The fourth-order valence-electron chi connectivity index (χ4n) is 2.33. The zero-order valence-electron chi connectivity index (χ0n) is 9.82. The molecule has 1 aromatic heterocycles. The molecule has 1 aromatic rings. The molecular formula is C11H16N2O3. The largest absolute Gasteiger partial charge is 0.462 e. The van der Waals surface area contributed by atoms with Crippen LogP contribution in [0.15, 0.2) is 4.42 Å². The van der Waals surface area contributed by atoms with Gasteiger partial charge in [-0.05, 0) is 18.3 Å².